The number of halogens is 1. The highest BCUT2D eigenvalue weighted by Crippen LogP contribution is 2.15. The lowest BCUT2D eigenvalue weighted by atomic mass is 10.0. The van der Waals surface area contributed by atoms with Gasteiger partial charge in [-0.1, -0.05) is 6.92 Å². The first kappa shape index (κ1) is 19.5. The van der Waals surface area contributed by atoms with Crippen molar-refractivity contribution in [1.82, 2.24) is 15.5 Å². The molecule has 0 aromatic heterocycles. The van der Waals surface area contributed by atoms with Gasteiger partial charge in [-0.3, -0.25) is 9.79 Å². The van der Waals surface area contributed by atoms with Crippen LogP contribution >= 0.6 is 24.0 Å². The molecule has 5 nitrogen and oxygen atoms in total. The summed E-state index contributed by atoms with van der Waals surface area (Å²) in [5.41, 5.74) is -0.193. The first-order valence-corrected chi connectivity index (χ1v) is 7.08. The molecule has 0 aromatic rings. The van der Waals surface area contributed by atoms with Gasteiger partial charge in [0.1, 0.15) is 0 Å². The minimum Gasteiger partial charge on any atom is -0.350 e. The second-order valence-electron chi connectivity index (χ2n) is 6.39. The molecule has 0 spiro atoms. The largest absolute Gasteiger partial charge is 0.350 e. The van der Waals surface area contributed by atoms with E-state index in [1.807, 2.05) is 20.8 Å². The zero-order valence-corrected chi connectivity index (χ0v) is 15.7. The minimum absolute atomic E-state index is 0. The lowest BCUT2D eigenvalue weighted by Gasteiger charge is -2.33. The molecule has 6 heteroatoms. The zero-order valence-electron chi connectivity index (χ0n) is 13.3. The van der Waals surface area contributed by atoms with E-state index in [-0.39, 0.29) is 42.0 Å². The van der Waals surface area contributed by atoms with Crippen molar-refractivity contribution in [2.24, 2.45) is 10.9 Å². The van der Waals surface area contributed by atoms with Crippen LogP contribution in [-0.4, -0.2) is 49.0 Å². The van der Waals surface area contributed by atoms with E-state index in [9.17, 15) is 4.79 Å². The van der Waals surface area contributed by atoms with Crippen molar-refractivity contribution in [2.45, 2.75) is 46.1 Å². The summed E-state index contributed by atoms with van der Waals surface area (Å²) in [5.74, 6) is 1.52. The number of carbonyl (C=O) groups excluding carboxylic acids is 1. The molecule has 1 unspecified atom stereocenters. The summed E-state index contributed by atoms with van der Waals surface area (Å²) < 4.78 is 0. The van der Waals surface area contributed by atoms with Crippen LogP contribution in [0.4, 0.5) is 0 Å². The fraction of sp³-hybridized carbons (Fsp3) is 0.857. The van der Waals surface area contributed by atoms with Gasteiger partial charge in [0, 0.05) is 25.7 Å². The molecule has 0 bridgehead atoms. The zero-order chi connectivity index (χ0) is 14.5. The van der Waals surface area contributed by atoms with Gasteiger partial charge in [0.2, 0.25) is 5.91 Å². The highest BCUT2D eigenvalue weighted by atomic mass is 127. The van der Waals surface area contributed by atoms with E-state index in [1.54, 1.807) is 7.05 Å². The lowest BCUT2D eigenvalue weighted by Crippen LogP contribution is -2.50. The second-order valence-corrected chi connectivity index (χ2v) is 6.39. The standard InChI is InChI=1S/C14H28N4O.HI/c1-11-7-6-8-18(10-11)13(15-5)16-9-12(19)17-14(2,3)4;/h11H,6-10H2,1-5H3,(H,15,16)(H,17,19);1H. The van der Waals surface area contributed by atoms with E-state index in [2.05, 4.69) is 27.4 Å². The average Bonchev–Trinajstić information content (AvgIpc) is 2.27. The van der Waals surface area contributed by atoms with Gasteiger partial charge in [0.15, 0.2) is 5.96 Å². The SMILES string of the molecule is CN=C(NCC(=O)NC(C)(C)C)N1CCCC(C)C1.I. The first-order valence-electron chi connectivity index (χ1n) is 7.08. The molecule has 0 saturated carbocycles. The van der Waals surface area contributed by atoms with E-state index in [4.69, 9.17) is 0 Å². The summed E-state index contributed by atoms with van der Waals surface area (Å²) in [7, 11) is 1.77. The number of piperidine rings is 1. The van der Waals surface area contributed by atoms with Crippen molar-refractivity contribution in [3.8, 4) is 0 Å². The van der Waals surface area contributed by atoms with Crippen LogP contribution in [0, 0.1) is 5.92 Å². The van der Waals surface area contributed by atoms with Crippen LogP contribution in [0.5, 0.6) is 0 Å². The molecule has 1 saturated heterocycles. The molecule has 2 N–H and O–H groups in total. The number of likely N-dealkylation sites (tertiary alicyclic amines) is 1. The summed E-state index contributed by atoms with van der Waals surface area (Å²) >= 11 is 0. The van der Waals surface area contributed by atoms with Crippen LogP contribution in [-0.2, 0) is 4.79 Å². The van der Waals surface area contributed by atoms with Crippen LogP contribution < -0.4 is 10.6 Å². The predicted molar refractivity (Wildman–Crippen MR) is 94.6 cm³/mol. The monoisotopic (exact) mass is 396 g/mol. The van der Waals surface area contributed by atoms with Crippen molar-refractivity contribution in [3.63, 3.8) is 0 Å². The van der Waals surface area contributed by atoms with E-state index < -0.39 is 0 Å². The predicted octanol–water partition coefficient (Wildman–Crippen LogP) is 1.83. The summed E-state index contributed by atoms with van der Waals surface area (Å²) in [4.78, 5) is 18.3. The third-order valence-electron chi connectivity index (χ3n) is 3.09. The van der Waals surface area contributed by atoms with Crippen LogP contribution in [0.15, 0.2) is 4.99 Å². The van der Waals surface area contributed by atoms with Gasteiger partial charge in [-0.25, -0.2) is 0 Å². The van der Waals surface area contributed by atoms with Crippen LogP contribution in [0.1, 0.15) is 40.5 Å². The lowest BCUT2D eigenvalue weighted by molar-refractivity contribution is -0.121. The van der Waals surface area contributed by atoms with E-state index in [0.29, 0.717) is 5.92 Å². The number of nitrogens with one attached hydrogen (secondary N) is 2. The maximum atomic E-state index is 11.8. The topological polar surface area (TPSA) is 56.7 Å². The van der Waals surface area contributed by atoms with Gasteiger partial charge < -0.3 is 15.5 Å². The molecule has 0 aromatic carbocycles. The minimum atomic E-state index is -0.193. The molecule has 118 valence electrons. The number of aliphatic imine (C=N–C) groups is 1. The Balaban J connectivity index is 0.00000361. The Kier molecular flexibility index (Phi) is 8.46. The van der Waals surface area contributed by atoms with Gasteiger partial charge in [-0.15, -0.1) is 24.0 Å². The molecule has 1 rings (SSSR count). The third-order valence-corrected chi connectivity index (χ3v) is 3.09. The Morgan fingerprint density at radius 3 is 2.55 bits per heavy atom. The molecule has 1 fully saturated rings. The van der Waals surface area contributed by atoms with Gasteiger partial charge in [0.25, 0.3) is 0 Å². The number of rotatable bonds is 2. The summed E-state index contributed by atoms with van der Waals surface area (Å²) in [6, 6.07) is 0. The van der Waals surface area contributed by atoms with Crippen molar-refractivity contribution in [3.05, 3.63) is 0 Å². The second kappa shape index (κ2) is 8.69. The maximum absolute atomic E-state index is 11.8. The fourth-order valence-corrected chi connectivity index (χ4v) is 2.34. The smallest absolute Gasteiger partial charge is 0.239 e. The molecule has 0 aliphatic carbocycles. The average molecular weight is 396 g/mol. The normalized spacial score (nSPS) is 20.1. The molecule has 1 atom stereocenters. The summed E-state index contributed by atoms with van der Waals surface area (Å²) in [5, 5.41) is 6.08. The molecular weight excluding hydrogens is 367 g/mol. The number of guanidine groups is 1. The van der Waals surface area contributed by atoms with E-state index in [0.717, 1.165) is 19.0 Å². The molecule has 1 amide bonds. The Labute approximate surface area is 140 Å². The van der Waals surface area contributed by atoms with Crippen molar-refractivity contribution in [1.29, 1.82) is 0 Å². The van der Waals surface area contributed by atoms with Crippen molar-refractivity contribution in [2.75, 3.05) is 26.7 Å². The Bertz CT molecular complexity index is 339. The van der Waals surface area contributed by atoms with Crippen LogP contribution in [0.2, 0.25) is 0 Å². The van der Waals surface area contributed by atoms with Crippen molar-refractivity contribution >= 4 is 35.8 Å². The molecule has 0 radical (unpaired) electrons. The van der Waals surface area contributed by atoms with Gasteiger partial charge in [-0.2, -0.15) is 0 Å². The summed E-state index contributed by atoms with van der Waals surface area (Å²) in [6.45, 7) is 10.5. The number of carbonyl (C=O) groups is 1. The van der Waals surface area contributed by atoms with E-state index >= 15 is 0 Å². The van der Waals surface area contributed by atoms with Crippen LogP contribution in [0.25, 0.3) is 0 Å². The highest BCUT2D eigenvalue weighted by molar-refractivity contribution is 14.0. The number of amides is 1. The summed E-state index contributed by atoms with van der Waals surface area (Å²) in [6.07, 6.45) is 2.47. The number of hydrogen-bond donors (Lipinski definition) is 2. The molecular formula is C14H29IN4O. The van der Waals surface area contributed by atoms with Gasteiger partial charge >= 0.3 is 0 Å². The first-order chi connectivity index (χ1) is 8.81. The van der Waals surface area contributed by atoms with Gasteiger partial charge in [-0.05, 0) is 39.5 Å². The maximum Gasteiger partial charge on any atom is 0.239 e. The van der Waals surface area contributed by atoms with Crippen LogP contribution in [0.3, 0.4) is 0 Å². The molecule has 1 aliphatic rings. The molecule has 1 aliphatic heterocycles. The Morgan fingerprint density at radius 1 is 1.40 bits per heavy atom. The number of hydrogen-bond acceptors (Lipinski definition) is 2. The highest BCUT2D eigenvalue weighted by Gasteiger charge is 2.20. The Morgan fingerprint density at radius 2 is 2.05 bits per heavy atom. The third kappa shape index (κ3) is 7.31. The number of nitrogens with zero attached hydrogens (tertiary/aromatic N) is 2. The Hall–Kier alpha value is -0.530. The fourth-order valence-electron chi connectivity index (χ4n) is 2.34. The molecule has 20 heavy (non-hydrogen) atoms. The molecule has 1 heterocycles. The quantitative estimate of drug-likeness (QED) is 0.426. The van der Waals surface area contributed by atoms with Gasteiger partial charge in [0.05, 0.1) is 6.54 Å². The van der Waals surface area contributed by atoms with E-state index in [1.165, 1.54) is 12.8 Å². The van der Waals surface area contributed by atoms with Crippen molar-refractivity contribution < 1.29 is 4.79 Å².